The van der Waals surface area contributed by atoms with Crippen LogP contribution >= 0.6 is 0 Å². The summed E-state index contributed by atoms with van der Waals surface area (Å²) in [5.74, 6) is -0.219. The Morgan fingerprint density at radius 3 is 1.76 bits per heavy atom. The second-order valence-corrected chi connectivity index (χ2v) is 11.7. The lowest BCUT2D eigenvalue weighted by Gasteiger charge is -2.34. The monoisotopic (exact) mass is 588 g/mol. The smallest absolute Gasteiger partial charge is 0.220 e. The predicted octanol–water partition coefficient (Wildman–Crippen LogP) is 1.36. The maximum absolute atomic E-state index is 11.9. The highest BCUT2D eigenvalue weighted by atomic mass is 16.3. The lowest BCUT2D eigenvalue weighted by molar-refractivity contribution is -0.123. The Morgan fingerprint density at radius 2 is 1.31 bits per heavy atom. The van der Waals surface area contributed by atoms with Crippen molar-refractivity contribution in [2.75, 3.05) is 26.2 Å². The molecule has 2 amide bonds. The first-order chi connectivity index (χ1) is 20.1. The molecule has 14 heteroatoms. The Morgan fingerprint density at radius 1 is 0.810 bits per heavy atom. The molecule has 2 aromatic heterocycles. The van der Waals surface area contributed by atoms with E-state index in [1.807, 2.05) is 0 Å². The molecule has 234 valence electrons. The Balaban J connectivity index is 0.000000230. The van der Waals surface area contributed by atoms with E-state index < -0.39 is 6.10 Å². The summed E-state index contributed by atoms with van der Waals surface area (Å²) in [5.41, 5.74) is 0.765. The van der Waals surface area contributed by atoms with Gasteiger partial charge in [0.1, 0.15) is 11.4 Å². The van der Waals surface area contributed by atoms with Crippen LogP contribution in [0.15, 0.2) is 12.4 Å². The van der Waals surface area contributed by atoms with Crippen LogP contribution in [-0.4, -0.2) is 114 Å². The molecule has 4 heterocycles. The summed E-state index contributed by atoms with van der Waals surface area (Å²) in [5, 5.41) is 35.5. The van der Waals surface area contributed by atoms with E-state index >= 15 is 0 Å². The lowest BCUT2D eigenvalue weighted by atomic mass is 10.0. The van der Waals surface area contributed by atoms with Gasteiger partial charge in [0.25, 0.3) is 0 Å². The molecule has 0 aliphatic carbocycles. The molecule has 2 aliphatic rings. The zero-order chi connectivity index (χ0) is 30.5. The third-order valence-corrected chi connectivity index (χ3v) is 7.95. The molecule has 2 aliphatic heterocycles. The van der Waals surface area contributed by atoms with Crippen LogP contribution in [0.1, 0.15) is 101 Å². The number of nitrogens with zero attached hydrogens (tertiary/aromatic N) is 6. The van der Waals surface area contributed by atoms with E-state index in [2.05, 4.69) is 78.9 Å². The highest BCUT2D eigenvalue weighted by Crippen LogP contribution is 2.16. The lowest BCUT2D eigenvalue weighted by Crippen LogP contribution is -2.46. The first kappa shape index (κ1) is 33.3. The first-order valence-corrected chi connectivity index (χ1v) is 15.1. The number of likely N-dealkylation sites (tertiary alicyclic amines) is 2. The molecule has 1 unspecified atom stereocenters. The normalized spacial score (nSPS) is 18.0. The molecule has 14 nitrogen and oxygen atoms in total. The number of hydrogen-bond donors (Lipinski definition) is 5. The number of nitrogens with one attached hydrogen (secondary N) is 4. The third-order valence-electron chi connectivity index (χ3n) is 7.95. The van der Waals surface area contributed by atoms with Crippen LogP contribution in [-0.2, 0) is 9.59 Å². The van der Waals surface area contributed by atoms with Gasteiger partial charge in [-0.1, -0.05) is 0 Å². The number of H-pyrrole nitrogens is 2. The van der Waals surface area contributed by atoms with Crippen molar-refractivity contribution >= 4 is 17.6 Å². The van der Waals surface area contributed by atoms with Crippen molar-refractivity contribution in [2.45, 2.75) is 109 Å². The third kappa shape index (κ3) is 11.2. The van der Waals surface area contributed by atoms with Crippen molar-refractivity contribution in [3.05, 3.63) is 23.8 Å². The summed E-state index contributed by atoms with van der Waals surface area (Å²) in [6.45, 7) is 12.9. The number of Topliss-reactive ketones (excluding diaryl/α,β-unsaturated/α-hetero) is 1. The minimum absolute atomic E-state index is 0.000502. The number of amides is 2. The number of hydrogen-bond acceptors (Lipinski definition) is 10. The molecule has 2 saturated heterocycles. The Kier molecular flexibility index (Phi) is 13.5. The van der Waals surface area contributed by atoms with E-state index in [9.17, 15) is 19.5 Å². The molecule has 0 spiro atoms. The van der Waals surface area contributed by atoms with Crippen LogP contribution < -0.4 is 10.6 Å². The first-order valence-electron chi connectivity index (χ1n) is 15.1. The quantitative estimate of drug-likeness (QED) is 0.227. The molecule has 0 radical (unpaired) electrons. The van der Waals surface area contributed by atoms with Crippen molar-refractivity contribution in [3.63, 3.8) is 0 Å². The summed E-state index contributed by atoms with van der Waals surface area (Å²) >= 11 is 0. The van der Waals surface area contributed by atoms with Gasteiger partial charge in [0.15, 0.2) is 5.78 Å². The largest absolute Gasteiger partial charge is 0.387 e. The Labute approximate surface area is 247 Å². The van der Waals surface area contributed by atoms with Crippen molar-refractivity contribution < 1.29 is 19.5 Å². The number of ketones is 1. The van der Waals surface area contributed by atoms with Crippen LogP contribution in [0.3, 0.4) is 0 Å². The minimum atomic E-state index is -0.739. The topological polar surface area (TPSA) is 185 Å². The molecule has 1 atom stereocenters. The van der Waals surface area contributed by atoms with E-state index in [1.165, 1.54) is 12.4 Å². The van der Waals surface area contributed by atoms with Crippen molar-refractivity contribution in [1.82, 2.24) is 51.3 Å². The molecule has 42 heavy (non-hydrogen) atoms. The van der Waals surface area contributed by atoms with Gasteiger partial charge >= 0.3 is 0 Å². The van der Waals surface area contributed by atoms with E-state index in [-0.39, 0.29) is 48.2 Å². The Bertz CT molecular complexity index is 1060. The fourth-order valence-corrected chi connectivity index (χ4v) is 5.20. The number of rotatable bonds is 12. The highest BCUT2D eigenvalue weighted by Gasteiger charge is 2.23. The molecule has 4 rings (SSSR count). The van der Waals surface area contributed by atoms with Gasteiger partial charge in [0.2, 0.25) is 11.8 Å². The zero-order valence-corrected chi connectivity index (χ0v) is 25.4. The van der Waals surface area contributed by atoms with Gasteiger partial charge < -0.3 is 25.5 Å². The van der Waals surface area contributed by atoms with Crippen molar-refractivity contribution in [1.29, 1.82) is 0 Å². The second kappa shape index (κ2) is 17.0. The van der Waals surface area contributed by atoms with E-state index in [1.54, 1.807) is 0 Å². The fraction of sp³-hybridized carbons (Fsp3) is 0.750. The maximum Gasteiger partial charge on any atom is 0.220 e. The standard InChI is InChI=1S/C14H25N5O2.C14H23N5O2/c2*1-10(2)19-7-5-11(6-8-19)16-14(21)4-3-13(20)12-9-15-18-17-12/h9-11,13,20H,3-8H2,1-2H3,(H,16,21)(H,15,17,18);9-11H,3-8H2,1-2H3,(H,16,21)(H,15,17,18). The van der Waals surface area contributed by atoms with Crippen molar-refractivity contribution in [3.8, 4) is 0 Å². The summed E-state index contributed by atoms with van der Waals surface area (Å²) in [4.78, 5) is 40.4. The van der Waals surface area contributed by atoms with Gasteiger partial charge in [-0.2, -0.15) is 30.8 Å². The number of piperidine rings is 2. The van der Waals surface area contributed by atoms with Crippen molar-refractivity contribution in [2.24, 2.45) is 0 Å². The van der Waals surface area contributed by atoms with Gasteiger partial charge in [-0.15, -0.1) is 0 Å². The van der Waals surface area contributed by atoms with Gasteiger partial charge in [-0.3, -0.25) is 14.4 Å². The number of aromatic amines is 2. The molecule has 2 aromatic rings. The number of carbonyl (C=O) groups is 3. The summed E-state index contributed by atoms with van der Waals surface area (Å²) in [6, 6.07) is 1.62. The molecule has 0 bridgehead atoms. The van der Waals surface area contributed by atoms with Crippen LogP contribution in [0, 0.1) is 0 Å². The molecule has 0 aromatic carbocycles. The molecular weight excluding hydrogens is 540 g/mol. The van der Waals surface area contributed by atoms with E-state index in [0.717, 1.165) is 51.9 Å². The highest BCUT2D eigenvalue weighted by molar-refractivity contribution is 5.96. The zero-order valence-electron chi connectivity index (χ0n) is 25.4. The molecule has 0 saturated carbocycles. The number of carbonyl (C=O) groups excluding carboxylic acids is 3. The number of aliphatic hydroxyl groups excluding tert-OH is 1. The summed E-state index contributed by atoms with van der Waals surface area (Å²) in [6.07, 6.45) is 7.10. The van der Waals surface area contributed by atoms with Gasteiger partial charge in [0, 0.05) is 69.6 Å². The van der Waals surface area contributed by atoms with Crippen LogP contribution in [0.2, 0.25) is 0 Å². The Hall–Kier alpha value is -3.23. The van der Waals surface area contributed by atoms with Crippen LogP contribution in [0.5, 0.6) is 0 Å². The summed E-state index contributed by atoms with van der Waals surface area (Å²) < 4.78 is 0. The van der Waals surface area contributed by atoms with E-state index in [0.29, 0.717) is 30.6 Å². The minimum Gasteiger partial charge on any atom is -0.387 e. The molecule has 5 N–H and O–H groups in total. The number of aliphatic hydroxyl groups is 1. The van der Waals surface area contributed by atoms with Gasteiger partial charge in [0.05, 0.1) is 18.5 Å². The van der Waals surface area contributed by atoms with Gasteiger partial charge in [-0.25, -0.2) is 0 Å². The average molecular weight is 589 g/mol. The fourth-order valence-electron chi connectivity index (χ4n) is 5.20. The molecular formula is C28H48N10O4. The van der Waals surface area contributed by atoms with Crippen LogP contribution in [0.4, 0.5) is 0 Å². The van der Waals surface area contributed by atoms with Crippen LogP contribution in [0.25, 0.3) is 0 Å². The molecule has 2 fully saturated rings. The van der Waals surface area contributed by atoms with E-state index in [4.69, 9.17) is 0 Å². The second-order valence-electron chi connectivity index (χ2n) is 11.7. The SMILES string of the molecule is CC(C)N1CCC(NC(=O)CCC(=O)c2cn[nH]n2)CC1.CC(C)N1CCC(NC(=O)CCC(O)c2cn[nH]n2)CC1. The predicted molar refractivity (Wildman–Crippen MR) is 156 cm³/mol. The number of aromatic nitrogens is 6. The average Bonchev–Trinajstić information content (AvgIpc) is 3.71. The maximum atomic E-state index is 11.9. The van der Waals surface area contributed by atoms with Gasteiger partial charge in [-0.05, 0) is 59.8 Å². The summed E-state index contributed by atoms with van der Waals surface area (Å²) in [7, 11) is 0.